The Balaban J connectivity index is 1.81. The summed E-state index contributed by atoms with van der Waals surface area (Å²) in [5, 5.41) is 0. The number of hydrogen-bond acceptors (Lipinski definition) is 4. The van der Waals surface area contributed by atoms with Crippen LogP contribution in [-0.2, 0) is 0 Å². The van der Waals surface area contributed by atoms with E-state index in [1.807, 2.05) is 0 Å². The van der Waals surface area contributed by atoms with Crippen molar-refractivity contribution in [3.05, 3.63) is 54.1 Å². The number of primary amides is 1. The summed E-state index contributed by atoms with van der Waals surface area (Å²) in [5.41, 5.74) is 5.40. The van der Waals surface area contributed by atoms with Crippen LogP contribution in [0.2, 0.25) is 0 Å². The zero-order chi connectivity index (χ0) is 14.4. The number of ether oxygens (including phenoxy) is 2. The summed E-state index contributed by atoms with van der Waals surface area (Å²) in [4.78, 5) is 14.8. The number of nitrogens with zero attached hydrogens (tertiary/aromatic N) is 1. The molecule has 0 aliphatic heterocycles. The van der Waals surface area contributed by atoms with E-state index in [4.69, 9.17) is 15.2 Å². The van der Waals surface area contributed by atoms with Crippen molar-refractivity contribution in [1.29, 1.82) is 0 Å². The van der Waals surface area contributed by atoms with Crippen LogP contribution in [0.15, 0.2) is 42.7 Å². The Bertz CT molecular complexity index is 604. The standard InChI is InChI=1S/C14H13FN2O3/c15-11-2-1-3-12(7-11)19-4-5-20-13-6-10(14(16)18)8-17-9-13/h1-3,6-9H,4-5H2,(H2,16,18). The Labute approximate surface area is 115 Å². The first-order valence-corrected chi connectivity index (χ1v) is 5.91. The van der Waals surface area contributed by atoms with Crippen LogP contribution in [0.3, 0.4) is 0 Å². The largest absolute Gasteiger partial charge is 0.490 e. The number of hydrogen-bond donors (Lipinski definition) is 1. The molecule has 2 N–H and O–H groups in total. The van der Waals surface area contributed by atoms with Crippen molar-refractivity contribution in [2.75, 3.05) is 13.2 Å². The van der Waals surface area contributed by atoms with Gasteiger partial charge in [-0.05, 0) is 18.2 Å². The Morgan fingerprint density at radius 3 is 2.60 bits per heavy atom. The third-order valence-corrected chi connectivity index (χ3v) is 2.41. The second-order valence-corrected chi connectivity index (χ2v) is 3.93. The van der Waals surface area contributed by atoms with Gasteiger partial charge in [-0.15, -0.1) is 0 Å². The van der Waals surface area contributed by atoms with E-state index in [0.29, 0.717) is 11.5 Å². The zero-order valence-corrected chi connectivity index (χ0v) is 10.6. The fourth-order valence-electron chi connectivity index (χ4n) is 1.51. The van der Waals surface area contributed by atoms with Crippen LogP contribution in [0.25, 0.3) is 0 Å². The number of rotatable bonds is 6. The maximum Gasteiger partial charge on any atom is 0.250 e. The van der Waals surface area contributed by atoms with Crippen LogP contribution in [0.4, 0.5) is 4.39 Å². The van der Waals surface area contributed by atoms with Crippen LogP contribution in [-0.4, -0.2) is 24.1 Å². The number of amides is 1. The lowest BCUT2D eigenvalue weighted by atomic mass is 10.3. The predicted molar refractivity (Wildman–Crippen MR) is 70.1 cm³/mol. The summed E-state index contributed by atoms with van der Waals surface area (Å²) in [5.74, 6) is -0.0810. The highest BCUT2D eigenvalue weighted by atomic mass is 19.1. The molecule has 0 saturated heterocycles. The maximum absolute atomic E-state index is 12.9. The number of carbonyl (C=O) groups excluding carboxylic acids is 1. The molecule has 0 radical (unpaired) electrons. The molecule has 6 heteroatoms. The van der Waals surface area contributed by atoms with Crippen molar-refractivity contribution in [2.45, 2.75) is 0 Å². The number of aromatic nitrogens is 1. The molecule has 5 nitrogen and oxygen atoms in total. The second kappa shape index (κ2) is 6.51. The van der Waals surface area contributed by atoms with Crippen molar-refractivity contribution in [3.8, 4) is 11.5 Å². The Morgan fingerprint density at radius 1 is 1.15 bits per heavy atom. The molecule has 1 amide bonds. The quantitative estimate of drug-likeness (QED) is 0.816. The summed E-state index contributed by atoms with van der Waals surface area (Å²) >= 11 is 0. The molecule has 0 spiro atoms. The van der Waals surface area contributed by atoms with Gasteiger partial charge >= 0.3 is 0 Å². The number of halogens is 1. The predicted octanol–water partition coefficient (Wildman–Crippen LogP) is 1.78. The molecule has 0 unspecified atom stereocenters. The van der Waals surface area contributed by atoms with Crippen molar-refractivity contribution in [3.63, 3.8) is 0 Å². The summed E-state index contributed by atoms with van der Waals surface area (Å²) in [7, 11) is 0. The van der Waals surface area contributed by atoms with E-state index in [0.717, 1.165) is 0 Å². The first-order chi connectivity index (χ1) is 9.65. The fraction of sp³-hybridized carbons (Fsp3) is 0.143. The van der Waals surface area contributed by atoms with E-state index in [9.17, 15) is 9.18 Å². The van der Waals surface area contributed by atoms with Crippen LogP contribution < -0.4 is 15.2 Å². The summed E-state index contributed by atoms with van der Waals surface area (Å²) < 4.78 is 23.6. The molecular weight excluding hydrogens is 263 g/mol. The smallest absolute Gasteiger partial charge is 0.250 e. The minimum Gasteiger partial charge on any atom is -0.490 e. The van der Waals surface area contributed by atoms with Crippen LogP contribution in [0, 0.1) is 5.82 Å². The maximum atomic E-state index is 12.9. The van der Waals surface area contributed by atoms with Gasteiger partial charge < -0.3 is 15.2 Å². The molecule has 0 saturated carbocycles. The zero-order valence-electron chi connectivity index (χ0n) is 10.6. The lowest BCUT2D eigenvalue weighted by molar-refractivity contribution is 0.0999. The van der Waals surface area contributed by atoms with E-state index in [-0.39, 0.29) is 24.6 Å². The van der Waals surface area contributed by atoms with Crippen molar-refractivity contribution >= 4 is 5.91 Å². The second-order valence-electron chi connectivity index (χ2n) is 3.93. The van der Waals surface area contributed by atoms with Gasteiger partial charge in [0.1, 0.15) is 30.5 Å². The van der Waals surface area contributed by atoms with Crippen LogP contribution in [0.1, 0.15) is 10.4 Å². The molecule has 1 aromatic heterocycles. The first-order valence-electron chi connectivity index (χ1n) is 5.91. The Kier molecular flexibility index (Phi) is 4.49. The third-order valence-electron chi connectivity index (χ3n) is 2.41. The number of benzene rings is 1. The van der Waals surface area contributed by atoms with Gasteiger partial charge in [-0.3, -0.25) is 9.78 Å². The molecule has 1 heterocycles. The lowest BCUT2D eigenvalue weighted by Gasteiger charge is -2.08. The molecular formula is C14H13FN2O3. The molecule has 0 aliphatic carbocycles. The minimum absolute atomic E-state index is 0.237. The van der Waals surface area contributed by atoms with E-state index >= 15 is 0 Å². The highest BCUT2D eigenvalue weighted by Crippen LogP contribution is 2.13. The van der Waals surface area contributed by atoms with E-state index < -0.39 is 5.91 Å². The van der Waals surface area contributed by atoms with Gasteiger partial charge in [0.15, 0.2) is 0 Å². The van der Waals surface area contributed by atoms with Crippen molar-refractivity contribution < 1.29 is 18.7 Å². The molecule has 0 atom stereocenters. The lowest BCUT2D eigenvalue weighted by Crippen LogP contribution is -2.12. The minimum atomic E-state index is -0.570. The van der Waals surface area contributed by atoms with Gasteiger partial charge in [0.05, 0.1) is 11.8 Å². The van der Waals surface area contributed by atoms with Gasteiger partial charge in [0, 0.05) is 12.3 Å². The summed E-state index contributed by atoms with van der Waals surface area (Å²) in [6, 6.07) is 7.33. The van der Waals surface area contributed by atoms with Gasteiger partial charge in [0.2, 0.25) is 5.91 Å². The topological polar surface area (TPSA) is 74.4 Å². The monoisotopic (exact) mass is 276 g/mol. The number of nitrogens with two attached hydrogens (primary N) is 1. The molecule has 20 heavy (non-hydrogen) atoms. The number of carbonyl (C=O) groups is 1. The molecule has 0 bridgehead atoms. The van der Waals surface area contributed by atoms with Crippen molar-refractivity contribution in [2.24, 2.45) is 5.73 Å². The van der Waals surface area contributed by atoms with E-state index in [1.165, 1.54) is 30.6 Å². The molecule has 104 valence electrons. The molecule has 0 fully saturated rings. The fourth-order valence-corrected chi connectivity index (χ4v) is 1.51. The van der Waals surface area contributed by atoms with Gasteiger partial charge in [0.25, 0.3) is 0 Å². The van der Waals surface area contributed by atoms with Crippen LogP contribution in [0.5, 0.6) is 11.5 Å². The average Bonchev–Trinajstić information content (AvgIpc) is 2.44. The molecule has 2 rings (SSSR count). The Hall–Kier alpha value is -2.63. The van der Waals surface area contributed by atoms with Gasteiger partial charge in [-0.25, -0.2) is 4.39 Å². The van der Waals surface area contributed by atoms with Gasteiger partial charge in [-0.1, -0.05) is 6.07 Å². The third kappa shape index (κ3) is 3.94. The Morgan fingerprint density at radius 2 is 1.90 bits per heavy atom. The SMILES string of the molecule is NC(=O)c1cncc(OCCOc2cccc(F)c2)c1. The highest BCUT2D eigenvalue weighted by molar-refractivity contribution is 5.92. The number of pyridine rings is 1. The van der Waals surface area contributed by atoms with E-state index in [2.05, 4.69) is 4.98 Å². The van der Waals surface area contributed by atoms with Gasteiger partial charge in [-0.2, -0.15) is 0 Å². The highest BCUT2D eigenvalue weighted by Gasteiger charge is 2.03. The summed E-state index contributed by atoms with van der Waals surface area (Å²) in [6.45, 7) is 0.477. The van der Waals surface area contributed by atoms with E-state index in [1.54, 1.807) is 12.1 Å². The normalized spacial score (nSPS) is 10.1. The summed E-state index contributed by atoms with van der Waals surface area (Å²) in [6.07, 6.45) is 2.83. The molecule has 0 aliphatic rings. The molecule has 1 aromatic carbocycles. The van der Waals surface area contributed by atoms with Crippen molar-refractivity contribution in [1.82, 2.24) is 4.98 Å². The average molecular weight is 276 g/mol. The van der Waals surface area contributed by atoms with Crippen LogP contribution >= 0.6 is 0 Å². The molecule has 2 aromatic rings. The first kappa shape index (κ1) is 13.8.